The number of carbonyl (C=O) groups is 2. The predicted molar refractivity (Wildman–Crippen MR) is 68.3 cm³/mol. The van der Waals surface area contributed by atoms with Crippen LogP contribution < -0.4 is 4.74 Å². The van der Waals surface area contributed by atoms with E-state index in [0.29, 0.717) is 5.56 Å². The molecule has 5 nitrogen and oxygen atoms in total. The van der Waals surface area contributed by atoms with Crippen molar-refractivity contribution in [1.29, 1.82) is 5.26 Å². The summed E-state index contributed by atoms with van der Waals surface area (Å²) >= 11 is 0. The van der Waals surface area contributed by atoms with Gasteiger partial charge in [-0.25, -0.2) is 9.59 Å². The van der Waals surface area contributed by atoms with Crippen LogP contribution in [0.15, 0.2) is 36.4 Å². The number of carboxylic acids is 1. The quantitative estimate of drug-likeness (QED) is 0.507. The fourth-order valence-electron chi connectivity index (χ4n) is 1.20. The first-order valence-electron chi connectivity index (χ1n) is 5.27. The molecule has 0 amide bonds. The van der Waals surface area contributed by atoms with E-state index in [1.54, 1.807) is 0 Å². The molecule has 1 aromatic rings. The van der Waals surface area contributed by atoms with Crippen molar-refractivity contribution in [3.05, 3.63) is 47.6 Å². The minimum atomic E-state index is -1.11. The topological polar surface area (TPSA) is 87.4 Å². The molecule has 0 radical (unpaired) electrons. The molecule has 19 heavy (non-hydrogen) atoms. The molecule has 0 fully saturated rings. The molecule has 0 saturated carbocycles. The number of hydrogen-bond donors (Lipinski definition) is 1. The number of carboxylic acid groups (broad SMARTS) is 1. The van der Waals surface area contributed by atoms with Gasteiger partial charge in [0.1, 0.15) is 5.75 Å². The number of nitrogens with zero attached hydrogens (tertiary/aromatic N) is 1. The molecule has 0 saturated heterocycles. The highest BCUT2D eigenvalue weighted by atomic mass is 16.5. The Morgan fingerprint density at radius 2 is 2.16 bits per heavy atom. The average molecular weight is 257 g/mol. The van der Waals surface area contributed by atoms with Crippen molar-refractivity contribution in [1.82, 2.24) is 0 Å². The molecule has 0 bridgehead atoms. The molecule has 0 spiro atoms. The molecular formula is C14H11NO4. The van der Waals surface area contributed by atoms with E-state index >= 15 is 0 Å². The number of esters is 1. The molecule has 5 heteroatoms. The molecule has 0 aliphatic heterocycles. The Kier molecular flexibility index (Phi) is 4.61. The molecule has 1 rings (SSSR count). The van der Waals surface area contributed by atoms with Crippen molar-refractivity contribution < 1.29 is 19.4 Å². The fraction of sp³-hybridized carbons (Fsp3) is 0.0714. The maximum Gasteiger partial charge on any atom is 0.338 e. The van der Waals surface area contributed by atoms with Crippen LogP contribution in [0.25, 0.3) is 6.08 Å². The fourth-order valence-corrected chi connectivity index (χ4v) is 1.20. The van der Waals surface area contributed by atoms with E-state index in [4.69, 9.17) is 15.1 Å². The van der Waals surface area contributed by atoms with Crippen LogP contribution in [-0.2, 0) is 9.59 Å². The minimum absolute atomic E-state index is 0.206. The Balaban J connectivity index is 3.03. The Morgan fingerprint density at radius 1 is 1.47 bits per heavy atom. The maximum atomic E-state index is 11.3. The lowest BCUT2D eigenvalue weighted by Crippen LogP contribution is -2.08. The third-order valence-electron chi connectivity index (χ3n) is 2.11. The van der Waals surface area contributed by atoms with Gasteiger partial charge in [-0.3, -0.25) is 0 Å². The highest BCUT2D eigenvalue weighted by molar-refractivity contribution is 5.89. The summed E-state index contributed by atoms with van der Waals surface area (Å²) < 4.78 is 4.97. The number of rotatable bonds is 4. The van der Waals surface area contributed by atoms with Crippen LogP contribution in [0.5, 0.6) is 5.75 Å². The van der Waals surface area contributed by atoms with Gasteiger partial charge in [0, 0.05) is 11.6 Å². The van der Waals surface area contributed by atoms with E-state index in [1.165, 1.54) is 31.2 Å². The summed E-state index contributed by atoms with van der Waals surface area (Å²) in [6, 6.07) is 6.24. The van der Waals surface area contributed by atoms with Gasteiger partial charge in [0.25, 0.3) is 0 Å². The van der Waals surface area contributed by atoms with Gasteiger partial charge in [-0.05, 0) is 36.8 Å². The van der Waals surface area contributed by atoms with E-state index < -0.39 is 11.9 Å². The van der Waals surface area contributed by atoms with E-state index in [9.17, 15) is 9.59 Å². The molecular weight excluding hydrogens is 246 g/mol. The van der Waals surface area contributed by atoms with Gasteiger partial charge in [-0.15, -0.1) is 0 Å². The second-order valence-corrected chi connectivity index (χ2v) is 3.70. The van der Waals surface area contributed by atoms with Gasteiger partial charge in [-0.2, -0.15) is 5.26 Å². The van der Waals surface area contributed by atoms with Crippen LogP contribution >= 0.6 is 0 Å². The first-order valence-corrected chi connectivity index (χ1v) is 5.27. The molecule has 96 valence electrons. The molecule has 0 aromatic heterocycles. The number of benzene rings is 1. The van der Waals surface area contributed by atoms with Gasteiger partial charge in [0.15, 0.2) is 0 Å². The normalized spacial score (nSPS) is 9.89. The van der Waals surface area contributed by atoms with Gasteiger partial charge < -0.3 is 9.84 Å². The lowest BCUT2D eigenvalue weighted by molar-refractivity contribution is -0.131. The highest BCUT2D eigenvalue weighted by Crippen LogP contribution is 2.19. The molecule has 0 atom stereocenters. The summed E-state index contributed by atoms with van der Waals surface area (Å²) in [5.74, 6) is -1.49. The maximum absolute atomic E-state index is 11.3. The van der Waals surface area contributed by atoms with E-state index in [-0.39, 0.29) is 16.9 Å². The third-order valence-corrected chi connectivity index (χ3v) is 2.11. The van der Waals surface area contributed by atoms with Crippen LogP contribution in [0, 0.1) is 11.3 Å². The zero-order valence-electron chi connectivity index (χ0n) is 10.2. The zero-order valence-corrected chi connectivity index (χ0v) is 10.2. The number of aliphatic carboxylic acids is 1. The van der Waals surface area contributed by atoms with E-state index in [2.05, 4.69) is 6.58 Å². The first kappa shape index (κ1) is 14.2. The summed E-state index contributed by atoms with van der Waals surface area (Å²) in [5.41, 5.74) is 0.887. The molecule has 0 aliphatic carbocycles. The van der Waals surface area contributed by atoms with Crippen molar-refractivity contribution in [2.24, 2.45) is 0 Å². The van der Waals surface area contributed by atoms with Crippen LogP contribution in [-0.4, -0.2) is 17.0 Å². The summed E-state index contributed by atoms with van der Waals surface area (Å²) in [7, 11) is 0. The van der Waals surface area contributed by atoms with Gasteiger partial charge in [-0.1, -0.05) is 6.58 Å². The third kappa shape index (κ3) is 4.13. The Labute approximate surface area is 110 Å². The number of ether oxygens (including phenoxy) is 1. The monoisotopic (exact) mass is 257 g/mol. The highest BCUT2D eigenvalue weighted by Gasteiger charge is 2.08. The molecule has 1 aromatic carbocycles. The number of nitriles is 1. The summed E-state index contributed by atoms with van der Waals surface area (Å²) in [5, 5.41) is 17.5. The average Bonchev–Trinajstić information content (AvgIpc) is 2.36. The second-order valence-electron chi connectivity index (χ2n) is 3.70. The van der Waals surface area contributed by atoms with Gasteiger partial charge in [0.05, 0.1) is 11.6 Å². The van der Waals surface area contributed by atoms with Gasteiger partial charge in [0.2, 0.25) is 0 Å². The van der Waals surface area contributed by atoms with E-state index in [1.807, 2.05) is 6.07 Å². The van der Waals surface area contributed by atoms with Crippen LogP contribution in [0.1, 0.15) is 18.1 Å². The van der Waals surface area contributed by atoms with Crippen molar-refractivity contribution in [3.63, 3.8) is 0 Å². The van der Waals surface area contributed by atoms with Crippen molar-refractivity contribution in [2.75, 3.05) is 0 Å². The standard InChI is InChI=1S/C14H11NO4/c1-9(2)14(18)19-12-5-3-10(4-6-13(16)17)11(7-12)8-15/h3-7H,1H2,2H3,(H,16,17). The lowest BCUT2D eigenvalue weighted by Gasteiger charge is -2.05. The number of carbonyl (C=O) groups excluding carboxylic acids is 1. The Morgan fingerprint density at radius 3 is 2.68 bits per heavy atom. The molecule has 0 heterocycles. The van der Waals surface area contributed by atoms with Crippen molar-refractivity contribution >= 4 is 18.0 Å². The Hall–Kier alpha value is -2.87. The van der Waals surface area contributed by atoms with E-state index in [0.717, 1.165) is 6.08 Å². The lowest BCUT2D eigenvalue weighted by atomic mass is 10.1. The number of hydrogen-bond acceptors (Lipinski definition) is 4. The second kappa shape index (κ2) is 6.17. The minimum Gasteiger partial charge on any atom is -0.478 e. The Bertz CT molecular complexity index is 608. The van der Waals surface area contributed by atoms with Crippen LogP contribution in [0.2, 0.25) is 0 Å². The molecule has 0 aliphatic rings. The van der Waals surface area contributed by atoms with Crippen LogP contribution in [0.3, 0.4) is 0 Å². The summed E-state index contributed by atoms with van der Waals surface area (Å²) in [4.78, 5) is 21.7. The SMILES string of the molecule is C=C(C)C(=O)Oc1ccc(C=CC(=O)O)c(C#N)c1. The largest absolute Gasteiger partial charge is 0.478 e. The predicted octanol–water partition coefficient (Wildman–Crippen LogP) is 2.14. The zero-order chi connectivity index (χ0) is 14.4. The first-order chi connectivity index (χ1) is 8.93. The molecule has 0 unspecified atom stereocenters. The molecule has 1 N–H and O–H groups in total. The van der Waals surface area contributed by atoms with Crippen molar-refractivity contribution in [3.8, 4) is 11.8 Å². The smallest absolute Gasteiger partial charge is 0.338 e. The summed E-state index contributed by atoms with van der Waals surface area (Å²) in [6.45, 7) is 4.96. The van der Waals surface area contributed by atoms with Gasteiger partial charge >= 0.3 is 11.9 Å². The summed E-state index contributed by atoms with van der Waals surface area (Å²) in [6.07, 6.45) is 2.22. The van der Waals surface area contributed by atoms with Crippen LogP contribution in [0.4, 0.5) is 0 Å². The van der Waals surface area contributed by atoms with Crippen molar-refractivity contribution in [2.45, 2.75) is 6.92 Å².